The number of anilines is 3. The van der Waals surface area contributed by atoms with E-state index in [2.05, 4.69) is 14.1 Å². The predicted molar refractivity (Wildman–Crippen MR) is 81.6 cm³/mol. The van der Waals surface area contributed by atoms with Gasteiger partial charge in [-0.15, -0.1) is 0 Å². The Bertz CT molecular complexity index is 757. The Kier molecular flexibility index (Phi) is 3.18. The van der Waals surface area contributed by atoms with Crippen molar-refractivity contribution in [2.24, 2.45) is 0 Å². The van der Waals surface area contributed by atoms with Crippen LogP contribution >= 0.6 is 34.9 Å². The molecule has 96 valence electrons. The van der Waals surface area contributed by atoms with Gasteiger partial charge >= 0.3 is 0 Å². The smallest absolute Gasteiger partial charge is 0.131 e. The first kappa shape index (κ1) is 12.5. The lowest BCUT2D eigenvalue weighted by Gasteiger charge is -2.11. The molecule has 0 bridgehead atoms. The molecule has 0 amide bonds. The summed E-state index contributed by atoms with van der Waals surface area (Å²) in [6, 6.07) is 9.08. The maximum atomic E-state index is 6.22. The van der Waals surface area contributed by atoms with Gasteiger partial charge in [0.2, 0.25) is 0 Å². The first-order valence-corrected chi connectivity index (χ1v) is 6.87. The highest BCUT2D eigenvalue weighted by atomic mass is 35.5. The lowest BCUT2D eigenvalue weighted by atomic mass is 10.2. The van der Waals surface area contributed by atoms with Crippen LogP contribution in [0.5, 0.6) is 0 Å². The molecule has 2 aromatic carbocycles. The molecule has 0 saturated carbocycles. The molecular weight excluding hydrogens is 303 g/mol. The number of rotatable bonds is 2. The van der Waals surface area contributed by atoms with Crippen molar-refractivity contribution in [2.75, 3.05) is 11.1 Å². The van der Waals surface area contributed by atoms with Gasteiger partial charge < -0.3 is 11.1 Å². The van der Waals surface area contributed by atoms with E-state index >= 15 is 0 Å². The second kappa shape index (κ2) is 4.85. The van der Waals surface area contributed by atoms with Gasteiger partial charge in [0.25, 0.3) is 0 Å². The van der Waals surface area contributed by atoms with E-state index in [1.165, 1.54) is 0 Å². The number of para-hydroxylation sites is 2. The van der Waals surface area contributed by atoms with Gasteiger partial charge in [-0.05, 0) is 18.2 Å². The molecule has 0 aliphatic rings. The van der Waals surface area contributed by atoms with E-state index in [1.807, 2.05) is 24.3 Å². The van der Waals surface area contributed by atoms with Gasteiger partial charge in [0.05, 0.1) is 38.8 Å². The third kappa shape index (κ3) is 2.20. The van der Waals surface area contributed by atoms with Gasteiger partial charge in [0, 0.05) is 0 Å². The van der Waals surface area contributed by atoms with Crippen LogP contribution < -0.4 is 11.1 Å². The number of nitrogens with two attached hydrogens (primary N) is 1. The van der Waals surface area contributed by atoms with Gasteiger partial charge in [0.15, 0.2) is 0 Å². The average molecular weight is 311 g/mol. The fourth-order valence-corrected chi connectivity index (χ4v) is 2.90. The maximum Gasteiger partial charge on any atom is 0.131 e. The van der Waals surface area contributed by atoms with Crippen LogP contribution in [0, 0.1) is 0 Å². The summed E-state index contributed by atoms with van der Waals surface area (Å²) in [6.45, 7) is 0. The Morgan fingerprint density at radius 1 is 1.05 bits per heavy atom. The van der Waals surface area contributed by atoms with Gasteiger partial charge in [0.1, 0.15) is 11.0 Å². The van der Waals surface area contributed by atoms with E-state index in [0.717, 1.165) is 17.4 Å². The number of benzene rings is 2. The molecule has 7 heteroatoms. The summed E-state index contributed by atoms with van der Waals surface area (Å²) in [7, 11) is 0. The molecule has 1 aromatic heterocycles. The number of nitrogens with zero attached hydrogens (tertiary/aromatic N) is 2. The van der Waals surface area contributed by atoms with Crippen LogP contribution in [-0.4, -0.2) is 8.75 Å². The molecule has 4 nitrogen and oxygen atoms in total. The van der Waals surface area contributed by atoms with Crippen molar-refractivity contribution in [2.45, 2.75) is 0 Å². The number of hydrogen-bond donors (Lipinski definition) is 2. The van der Waals surface area contributed by atoms with E-state index in [9.17, 15) is 0 Å². The van der Waals surface area contributed by atoms with E-state index in [-0.39, 0.29) is 0 Å². The molecule has 3 rings (SSSR count). The predicted octanol–water partition coefficient (Wildman–Crippen LogP) is 4.32. The van der Waals surface area contributed by atoms with Gasteiger partial charge in [-0.25, -0.2) is 0 Å². The molecule has 3 N–H and O–H groups in total. The first-order valence-electron chi connectivity index (χ1n) is 5.38. The Morgan fingerprint density at radius 2 is 1.79 bits per heavy atom. The largest absolute Gasteiger partial charge is 0.397 e. The van der Waals surface area contributed by atoms with Crippen molar-refractivity contribution in [1.82, 2.24) is 8.75 Å². The lowest BCUT2D eigenvalue weighted by molar-refractivity contribution is 1.54. The average Bonchev–Trinajstić information content (AvgIpc) is 2.86. The molecule has 1 heterocycles. The highest BCUT2D eigenvalue weighted by Gasteiger charge is 2.14. The Hall–Kier alpha value is -1.56. The van der Waals surface area contributed by atoms with Crippen molar-refractivity contribution >= 4 is 63.0 Å². The standard InChI is InChI=1S/C12H8Cl2N4S/c13-6-5-7(14)11-12(18-19-17-11)10(6)16-9-4-2-1-3-8(9)15/h1-5,16H,15H2. The van der Waals surface area contributed by atoms with E-state index in [4.69, 9.17) is 28.9 Å². The highest BCUT2D eigenvalue weighted by Crippen LogP contribution is 2.37. The molecule has 0 fully saturated rings. The molecule has 0 aliphatic heterocycles. The lowest BCUT2D eigenvalue weighted by Crippen LogP contribution is -1.97. The van der Waals surface area contributed by atoms with Crippen LogP contribution in [-0.2, 0) is 0 Å². The van der Waals surface area contributed by atoms with Gasteiger partial charge in [-0.1, -0.05) is 35.3 Å². The van der Waals surface area contributed by atoms with E-state index < -0.39 is 0 Å². The molecule has 3 aromatic rings. The van der Waals surface area contributed by atoms with Gasteiger partial charge in [-0.2, -0.15) is 8.75 Å². The quantitative estimate of drug-likeness (QED) is 0.692. The summed E-state index contributed by atoms with van der Waals surface area (Å²) in [4.78, 5) is 0. The fourth-order valence-electron chi connectivity index (χ4n) is 1.74. The zero-order chi connectivity index (χ0) is 13.4. The normalized spacial score (nSPS) is 10.8. The number of fused-ring (bicyclic) bond motifs is 1. The zero-order valence-corrected chi connectivity index (χ0v) is 11.9. The molecule has 0 unspecified atom stereocenters. The van der Waals surface area contributed by atoms with E-state index in [1.54, 1.807) is 6.07 Å². The summed E-state index contributed by atoms with van der Waals surface area (Å²) >= 11 is 13.4. The van der Waals surface area contributed by atoms with Crippen LogP contribution in [0.15, 0.2) is 30.3 Å². The number of aromatic nitrogens is 2. The highest BCUT2D eigenvalue weighted by molar-refractivity contribution is 7.00. The van der Waals surface area contributed by atoms with Crippen molar-refractivity contribution < 1.29 is 0 Å². The second-order valence-corrected chi connectivity index (χ2v) is 5.23. The minimum Gasteiger partial charge on any atom is -0.397 e. The maximum absolute atomic E-state index is 6.22. The summed E-state index contributed by atoms with van der Waals surface area (Å²) in [6.07, 6.45) is 0. The van der Waals surface area contributed by atoms with Crippen molar-refractivity contribution in [3.63, 3.8) is 0 Å². The number of halogens is 2. The minimum absolute atomic E-state index is 0.480. The SMILES string of the molecule is Nc1ccccc1Nc1c(Cl)cc(Cl)c2nsnc12. The van der Waals surface area contributed by atoms with Crippen LogP contribution in [0.4, 0.5) is 17.1 Å². The number of nitrogens with one attached hydrogen (secondary N) is 1. The molecular formula is C12H8Cl2N4S. The number of hydrogen-bond acceptors (Lipinski definition) is 5. The monoisotopic (exact) mass is 310 g/mol. The van der Waals surface area contributed by atoms with Crippen LogP contribution in [0.1, 0.15) is 0 Å². The summed E-state index contributed by atoms with van der Waals surface area (Å²) in [5, 5.41) is 4.15. The summed E-state index contributed by atoms with van der Waals surface area (Å²) < 4.78 is 8.38. The second-order valence-electron chi connectivity index (χ2n) is 3.89. The van der Waals surface area contributed by atoms with Crippen molar-refractivity contribution in [3.8, 4) is 0 Å². The minimum atomic E-state index is 0.480. The molecule has 0 aliphatic carbocycles. The summed E-state index contributed by atoms with van der Waals surface area (Å²) in [5.74, 6) is 0. The fraction of sp³-hybridized carbons (Fsp3) is 0. The van der Waals surface area contributed by atoms with E-state index in [0.29, 0.717) is 32.5 Å². The summed E-state index contributed by atoms with van der Waals surface area (Å²) in [5.41, 5.74) is 9.23. The van der Waals surface area contributed by atoms with Crippen molar-refractivity contribution in [1.29, 1.82) is 0 Å². The van der Waals surface area contributed by atoms with Gasteiger partial charge in [-0.3, -0.25) is 0 Å². The first-order chi connectivity index (χ1) is 9.16. The van der Waals surface area contributed by atoms with Crippen molar-refractivity contribution in [3.05, 3.63) is 40.4 Å². The Balaban J connectivity index is 2.16. The molecule has 0 saturated heterocycles. The molecule has 0 radical (unpaired) electrons. The third-order valence-corrected chi connectivity index (χ3v) is 3.78. The van der Waals surface area contributed by atoms with Crippen LogP contribution in [0.3, 0.4) is 0 Å². The van der Waals surface area contributed by atoms with Crippen LogP contribution in [0.25, 0.3) is 11.0 Å². The Morgan fingerprint density at radius 3 is 2.58 bits per heavy atom. The number of nitrogen functional groups attached to an aromatic ring is 1. The molecule has 0 atom stereocenters. The molecule has 19 heavy (non-hydrogen) atoms. The zero-order valence-electron chi connectivity index (χ0n) is 9.52. The Labute approximate surface area is 123 Å². The molecule has 0 spiro atoms. The topological polar surface area (TPSA) is 63.8 Å². The third-order valence-electron chi connectivity index (χ3n) is 2.66. The van der Waals surface area contributed by atoms with Crippen LogP contribution in [0.2, 0.25) is 10.0 Å².